The van der Waals surface area contributed by atoms with Gasteiger partial charge in [-0.25, -0.2) is 8.42 Å². The topological polar surface area (TPSA) is 67.7 Å². The Morgan fingerprint density at radius 1 is 1.35 bits per heavy atom. The maximum Gasteiger partial charge on any atom is 0.260 e. The van der Waals surface area contributed by atoms with Crippen LogP contribution in [0.5, 0.6) is 0 Å². The Labute approximate surface area is 119 Å². The fourth-order valence-corrected chi connectivity index (χ4v) is 4.76. The van der Waals surface area contributed by atoms with Gasteiger partial charge in [-0.1, -0.05) is 0 Å². The molecule has 2 aliphatic heterocycles. The Morgan fingerprint density at radius 2 is 2.15 bits per heavy atom. The molecular formula is C12H20N4O3S. The zero-order valence-corrected chi connectivity index (χ0v) is 12.6. The fraction of sp³-hybridized carbons (Fsp3) is 0.750. The number of nitrogens with zero attached hydrogens (tertiary/aromatic N) is 4. The second kappa shape index (κ2) is 5.10. The van der Waals surface area contributed by atoms with Crippen LogP contribution >= 0.6 is 0 Å². The molecule has 0 saturated carbocycles. The summed E-state index contributed by atoms with van der Waals surface area (Å²) in [6.07, 6.45) is 2.39. The predicted molar refractivity (Wildman–Crippen MR) is 72.7 cm³/mol. The minimum atomic E-state index is -3.52. The number of piperidine rings is 1. The Hall–Kier alpha value is -0.960. The summed E-state index contributed by atoms with van der Waals surface area (Å²) in [7, 11) is 0.148. The molecule has 1 aromatic heterocycles. The number of morpholine rings is 1. The van der Waals surface area contributed by atoms with E-state index < -0.39 is 10.0 Å². The highest BCUT2D eigenvalue weighted by atomic mass is 32.2. The molecule has 2 aliphatic rings. The fourth-order valence-electron chi connectivity index (χ4n) is 3.03. The molecule has 0 amide bonds. The summed E-state index contributed by atoms with van der Waals surface area (Å²) in [4.78, 5) is 2.15. The van der Waals surface area contributed by atoms with E-state index in [1.54, 1.807) is 17.4 Å². The highest BCUT2D eigenvalue weighted by Gasteiger charge is 2.42. The van der Waals surface area contributed by atoms with Gasteiger partial charge in [0.1, 0.15) is 0 Å². The van der Waals surface area contributed by atoms with Gasteiger partial charge in [0.25, 0.3) is 10.0 Å². The van der Waals surface area contributed by atoms with Crippen molar-refractivity contribution < 1.29 is 13.2 Å². The van der Waals surface area contributed by atoms with Crippen LogP contribution < -0.4 is 0 Å². The van der Waals surface area contributed by atoms with Crippen LogP contribution in [0.3, 0.4) is 0 Å². The van der Waals surface area contributed by atoms with Gasteiger partial charge in [-0.3, -0.25) is 4.68 Å². The molecule has 2 fully saturated rings. The molecule has 1 aromatic rings. The Bertz CT molecular complexity index is 585. The molecule has 112 valence electrons. The molecule has 0 N–H and O–H groups in total. The minimum Gasteiger partial charge on any atom is -0.375 e. The SMILES string of the molecule is CN1CC[C@@H]2OCCN(S(=O)(=O)c3ccnn3C)[C@@H]2C1. The lowest BCUT2D eigenvalue weighted by Crippen LogP contribution is -2.60. The van der Waals surface area contributed by atoms with E-state index in [2.05, 4.69) is 10.00 Å². The van der Waals surface area contributed by atoms with Crippen molar-refractivity contribution in [1.82, 2.24) is 19.0 Å². The molecule has 20 heavy (non-hydrogen) atoms. The smallest absolute Gasteiger partial charge is 0.260 e. The third-order valence-electron chi connectivity index (χ3n) is 4.09. The molecule has 0 aliphatic carbocycles. The summed E-state index contributed by atoms with van der Waals surface area (Å²) >= 11 is 0. The average Bonchev–Trinajstić information content (AvgIpc) is 2.85. The van der Waals surface area contributed by atoms with Crippen LogP contribution in [-0.2, 0) is 21.8 Å². The number of rotatable bonds is 2. The van der Waals surface area contributed by atoms with Gasteiger partial charge in [-0.15, -0.1) is 0 Å². The van der Waals surface area contributed by atoms with E-state index in [0.29, 0.717) is 19.7 Å². The second-order valence-electron chi connectivity index (χ2n) is 5.44. The minimum absolute atomic E-state index is 0.00273. The number of aromatic nitrogens is 2. The quantitative estimate of drug-likeness (QED) is 0.737. The summed E-state index contributed by atoms with van der Waals surface area (Å²) in [5, 5.41) is 4.21. The standard InChI is InChI=1S/C12H20N4O3S/c1-14-6-4-11-10(9-14)16(7-8-19-11)20(17,18)12-3-5-13-15(12)2/h3,5,10-11H,4,6-9H2,1-2H3/t10-,11+/m1/s1. The highest BCUT2D eigenvalue weighted by molar-refractivity contribution is 7.89. The monoisotopic (exact) mass is 300 g/mol. The van der Waals surface area contributed by atoms with Crippen molar-refractivity contribution in [1.29, 1.82) is 0 Å². The maximum atomic E-state index is 12.8. The van der Waals surface area contributed by atoms with Crippen molar-refractivity contribution in [3.8, 4) is 0 Å². The van der Waals surface area contributed by atoms with Crippen molar-refractivity contribution in [2.24, 2.45) is 7.05 Å². The van der Waals surface area contributed by atoms with Crippen molar-refractivity contribution >= 4 is 10.0 Å². The Kier molecular flexibility index (Phi) is 3.57. The molecule has 2 saturated heterocycles. The molecule has 3 rings (SSSR count). The number of fused-ring (bicyclic) bond motifs is 1. The van der Waals surface area contributed by atoms with Gasteiger partial charge in [0, 0.05) is 26.7 Å². The summed E-state index contributed by atoms with van der Waals surface area (Å²) in [6, 6.07) is 1.44. The highest BCUT2D eigenvalue weighted by Crippen LogP contribution is 2.27. The largest absolute Gasteiger partial charge is 0.375 e. The van der Waals surface area contributed by atoms with Crippen molar-refractivity contribution in [2.75, 3.05) is 33.3 Å². The van der Waals surface area contributed by atoms with E-state index in [0.717, 1.165) is 13.0 Å². The first-order chi connectivity index (χ1) is 9.50. The van der Waals surface area contributed by atoms with Gasteiger partial charge in [0.2, 0.25) is 0 Å². The molecule has 0 aromatic carbocycles. The third-order valence-corrected chi connectivity index (χ3v) is 6.09. The van der Waals surface area contributed by atoms with E-state index in [1.165, 1.54) is 10.9 Å². The molecular weight excluding hydrogens is 280 g/mol. The number of likely N-dealkylation sites (tertiary alicyclic amines) is 1. The molecule has 2 atom stereocenters. The first-order valence-corrected chi connectivity index (χ1v) is 8.24. The molecule has 7 nitrogen and oxygen atoms in total. The zero-order valence-electron chi connectivity index (χ0n) is 11.8. The van der Waals surface area contributed by atoms with Gasteiger partial charge in [0.15, 0.2) is 5.03 Å². The third kappa shape index (κ3) is 2.26. The van der Waals surface area contributed by atoms with Crippen LogP contribution in [0.25, 0.3) is 0 Å². The first-order valence-electron chi connectivity index (χ1n) is 6.80. The van der Waals surface area contributed by atoms with Crippen LogP contribution in [0.4, 0.5) is 0 Å². The summed E-state index contributed by atoms with van der Waals surface area (Å²) in [6.45, 7) is 2.52. The lowest BCUT2D eigenvalue weighted by atomic mass is 10.0. The van der Waals surface area contributed by atoms with E-state index >= 15 is 0 Å². The molecule has 0 bridgehead atoms. The zero-order chi connectivity index (χ0) is 14.3. The van der Waals surface area contributed by atoms with Gasteiger partial charge in [-0.2, -0.15) is 9.40 Å². The number of ether oxygens (including phenoxy) is 1. The molecule has 0 radical (unpaired) electrons. The lowest BCUT2D eigenvalue weighted by Gasteiger charge is -2.45. The molecule has 8 heteroatoms. The van der Waals surface area contributed by atoms with Gasteiger partial charge in [-0.05, 0) is 19.5 Å². The number of sulfonamides is 1. The first kappa shape index (κ1) is 14.0. The molecule has 0 spiro atoms. The van der Waals surface area contributed by atoms with Crippen molar-refractivity contribution in [3.63, 3.8) is 0 Å². The number of hydrogen-bond donors (Lipinski definition) is 0. The Morgan fingerprint density at radius 3 is 2.85 bits per heavy atom. The van der Waals surface area contributed by atoms with Crippen LogP contribution in [0.1, 0.15) is 6.42 Å². The Balaban J connectivity index is 1.93. The lowest BCUT2D eigenvalue weighted by molar-refractivity contribution is -0.0720. The summed E-state index contributed by atoms with van der Waals surface area (Å²) < 4.78 is 34.4. The number of aryl methyl sites for hydroxylation is 1. The van der Waals surface area contributed by atoms with Crippen LogP contribution in [0.2, 0.25) is 0 Å². The van der Waals surface area contributed by atoms with Gasteiger partial charge < -0.3 is 9.64 Å². The number of hydrogen-bond acceptors (Lipinski definition) is 5. The summed E-state index contributed by atoms with van der Waals surface area (Å²) in [5.74, 6) is 0. The van der Waals surface area contributed by atoms with Crippen molar-refractivity contribution in [2.45, 2.75) is 23.6 Å². The molecule has 3 heterocycles. The van der Waals surface area contributed by atoms with Crippen LogP contribution in [0, 0.1) is 0 Å². The normalized spacial score (nSPS) is 29.3. The van der Waals surface area contributed by atoms with E-state index in [1.807, 2.05) is 7.05 Å². The predicted octanol–water partition coefficient (Wildman–Crippen LogP) is -0.486. The van der Waals surface area contributed by atoms with Crippen LogP contribution in [-0.4, -0.2) is 72.8 Å². The second-order valence-corrected chi connectivity index (χ2v) is 7.27. The van der Waals surface area contributed by atoms with Crippen molar-refractivity contribution in [3.05, 3.63) is 12.3 Å². The maximum absolute atomic E-state index is 12.8. The van der Waals surface area contributed by atoms with E-state index in [4.69, 9.17) is 4.74 Å². The van der Waals surface area contributed by atoms with E-state index in [-0.39, 0.29) is 17.2 Å². The van der Waals surface area contributed by atoms with E-state index in [9.17, 15) is 8.42 Å². The number of likely N-dealkylation sites (N-methyl/N-ethyl adjacent to an activating group) is 1. The summed E-state index contributed by atoms with van der Waals surface area (Å²) in [5.41, 5.74) is 0. The average molecular weight is 300 g/mol. The van der Waals surface area contributed by atoms with Gasteiger partial charge in [0.05, 0.1) is 24.9 Å². The molecule has 0 unspecified atom stereocenters. The van der Waals surface area contributed by atoms with Gasteiger partial charge >= 0.3 is 0 Å². The van der Waals surface area contributed by atoms with Crippen LogP contribution in [0.15, 0.2) is 17.3 Å².